The zero-order valence-electron chi connectivity index (χ0n) is 10.2. The second kappa shape index (κ2) is 5.43. The number of rotatable bonds is 3. The minimum absolute atomic E-state index is 0.124. The quantitative estimate of drug-likeness (QED) is 0.719. The van der Waals surface area contributed by atoms with E-state index in [4.69, 9.17) is 0 Å². The van der Waals surface area contributed by atoms with E-state index in [-0.39, 0.29) is 18.2 Å². The molecule has 0 saturated heterocycles. The number of thiazole rings is 1. The van der Waals surface area contributed by atoms with E-state index in [0.29, 0.717) is 10.6 Å². The summed E-state index contributed by atoms with van der Waals surface area (Å²) in [6.07, 6.45) is 3.80. The van der Waals surface area contributed by atoms with Gasteiger partial charge in [-0.1, -0.05) is 6.07 Å². The van der Waals surface area contributed by atoms with E-state index >= 15 is 0 Å². The smallest absolute Gasteiger partial charge is 0.279 e. The van der Waals surface area contributed by atoms with Gasteiger partial charge in [-0.3, -0.25) is 24.8 Å². The first kappa shape index (κ1) is 12.8. The molecule has 3 aromatic heterocycles. The van der Waals surface area contributed by atoms with E-state index in [1.165, 1.54) is 22.7 Å². The molecular weight excluding hydrogens is 296 g/mol. The molecule has 2 amide bonds. The fourth-order valence-corrected chi connectivity index (χ4v) is 3.00. The third-order valence-corrected chi connectivity index (χ3v) is 4.18. The molecule has 0 radical (unpaired) electrons. The van der Waals surface area contributed by atoms with Crippen molar-refractivity contribution in [3.05, 3.63) is 45.9 Å². The van der Waals surface area contributed by atoms with Gasteiger partial charge in [-0.2, -0.15) is 0 Å². The average molecular weight is 306 g/mol. The van der Waals surface area contributed by atoms with Crippen LogP contribution in [-0.2, 0) is 11.2 Å². The van der Waals surface area contributed by atoms with Gasteiger partial charge < -0.3 is 0 Å². The van der Waals surface area contributed by atoms with Crippen LogP contribution >= 0.6 is 22.7 Å². The predicted octanol–water partition coefficient (Wildman–Crippen LogP) is 1.46. The van der Waals surface area contributed by atoms with E-state index in [0.717, 1.165) is 4.96 Å². The van der Waals surface area contributed by atoms with Crippen molar-refractivity contribution >= 4 is 39.4 Å². The fraction of sp³-hybridized carbons (Fsp3) is 0.0833. The number of fused-ring (bicyclic) bond motifs is 1. The van der Waals surface area contributed by atoms with E-state index in [1.807, 2.05) is 16.0 Å². The topological polar surface area (TPSA) is 75.5 Å². The highest BCUT2D eigenvalue weighted by Crippen LogP contribution is 2.11. The van der Waals surface area contributed by atoms with Crippen LogP contribution in [0.1, 0.15) is 15.4 Å². The standard InChI is InChI=1S/C12H10N4O2S2/c17-10(14-15-11(18)9-2-1-4-19-9)6-8-7-16-3-5-20-12(16)13-8/h1-5,7H,6H2,(H,14,17)(H,15,18). The summed E-state index contributed by atoms with van der Waals surface area (Å²) >= 11 is 2.82. The Morgan fingerprint density at radius 2 is 2.15 bits per heavy atom. The third-order valence-electron chi connectivity index (χ3n) is 2.55. The first-order valence-electron chi connectivity index (χ1n) is 5.76. The van der Waals surface area contributed by atoms with Gasteiger partial charge in [-0.25, -0.2) is 4.98 Å². The van der Waals surface area contributed by atoms with Gasteiger partial charge in [0, 0.05) is 17.8 Å². The Bertz CT molecular complexity index is 716. The molecule has 0 aliphatic carbocycles. The summed E-state index contributed by atoms with van der Waals surface area (Å²) < 4.78 is 1.86. The van der Waals surface area contributed by atoms with Crippen LogP contribution in [0.4, 0.5) is 0 Å². The summed E-state index contributed by atoms with van der Waals surface area (Å²) in [5.41, 5.74) is 5.42. The maximum atomic E-state index is 11.7. The van der Waals surface area contributed by atoms with Crippen LogP contribution in [-0.4, -0.2) is 21.2 Å². The normalized spacial score (nSPS) is 10.6. The molecule has 20 heavy (non-hydrogen) atoms. The van der Waals surface area contributed by atoms with E-state index in [9.17, 15) is 9.59 Å². The van der Waals surface area contributed by atoms with Gasteiger partial charge in [0.1, 0.15) is 0 Å². The highest BCUT2D eigenvalue weighted by molar-refractivity contribution is 7.15. The van der Waals surface area contributed by atoms with Crippen LogP contribution in [0.5, 0.6) is 0 Å². The van der Waals surface area contributed by atoms with Crippen LogP contribution in [0, 0.1) is 0 Å². The molecule has 0 bridgehead atoms. The number of amides is 2. The molecule has 0 spiro atoms. The molecule has 3 rings (SSSR count). The second-order valence-corrected chi connectivity index (χ2v) is 5.80. The second-order valence-electron chi connectivity index (χ2n) is 3.98. The van der Waals surface area contributed by atoms with E-state index in [1.54, 1.807) is 23.7 Å². The van der Waals surface area contributed by atoms with Crippen molar-refractivity contribution in [1.82, 2.24) is 20.2 Å². The Kier molecular flexibility index (Phi) is 3.48. The summed E-state index contributed by atoms with van der Waals surface area (Å²) in [6, 6.07) is 3.47. The number of aromatic nitrogens is 2. The predicted molar refractivity (Wildman–Crippen MR) is 76.7 cm³/mol. The first-order chi connectivity index (χ1) is 9.72. The fourth-order valence-electron chi connectivity index (χ4n) is 1.67. The molecule has 2 N–H and O–H groups in total. The lowest BCUT2D eigenvalue weighted by Crippen LogP contribution is -2.42. The molecule has 102 valence electrons. The lowest BCUT2D eigenvalue weighted by molar-refractivity contribution is -0.121. The molecule has 6 nitrogen and oxygen atoms in total. The van der Waals surface area contributed by atoms with Crippen molar-refractivity contribution in [2.75, 3.05) is 0 Å². The Morgan fingerprint density at radius 3 is 2.90 bits per heavy atom. The number of nitrogens with zero attached hydrogens (tertiary/aromatic N) is 2. The van der Waals surface area contributed by atoms with Crippen molar-refractivity contribution in [3.8, 4) is 0 Å². The summed E-state index contributed by atoms with van der Waals surface area (Å²) in [6.45, 7) is 0. The van der Waals surface area contributed by atoms with Crippen LogP contribution in [0.25, 0.3) is 4.96 Å². The van der Waals surface area contributed by atoms with Gasteiger partial charge in [0.25, 0.3) is 5.91 Å². The molecule has 3 heterocycles. The number of nitrogens with one attached hydrogen (secondary N) is 2. The lowest BCUT2D eigenvalue weighted by Gasteiger charge is -2.04. The van der Waals surface area contributed by atoms with Gasteiger partial charge >= 0.3 is 0 Å². The summed E-state index contributed by atoms with van der Waals surface area (Å²) in [7, 11) is 0. The van der Waals surface area contributed by atoms with Crippen LogP contribution in [0.15, 0.2) is 35.3 Å². The van der Waals surface area contributed by atoms with Gasteiger partial charge in [0.15, 0.2) is 4.96 Å². The van der Waals surface area contributed by atoms with Crippen molar-refractivity contribution in [2.24, 2.45) is 0 Å². The maximum absolute atomic E-state index is 11.7. The number of thiophene rings is 1. The number of carbonyl (C=O) groups excluding carboxylic acids is 2. The lowest BCUT2D eigenvalue weighted by atomic mass is 10.3. The Balaban J connectivity index is 1.54. The monoisotopic (exact) mass is 306 g/mol. The molecule has 0 atom stereocenters. The summed E-state index contributed by atoms with van der Waals surface area (Å²) in [5, 5.41) is 3.72. The van der Waals surface area contributed by atoms with Gasteiger partial charge in [0.2, 0.25) is 5.91 Å². The van der Waals surface area contributed by atoms with E-state index < -0.39 is 0 Å². The van der Waals surface area contributed by atoms with Gasteiger partial charge in [-0.15, -0.1) is 22.7 Å². The summed E-state index contributed by atoms with van der Waals surface area (Å²) in [4.78, 5) is 29.0. The summed E-state index contributed by atoms with van der Waals surface area (Å²) in [5.74, 6) is -0.625. The Morgan fingerprint density at radius 1 is 1.25 bits per heavy atom. The molecule has 0 aliphatic heterocycles. The third kappa shape index (κ3) is 2.70. The number of hydrazine groups is 1. The van der Waals surface area contributed by atoms with Crippen molar-refractivity contribution in [1.29, 1.82) is 0 Å². The van der Waals surface area contributed by atoms with Gasteiger partial charge in [-0.05, 0) is 11.4 Å². The molecule has 0 saturated carbocycles. The number of carbonyl (C=O) groups is 2. The highest BCUT2D eigenvalue weighted by atomic mass is 32.1. The molecule has 3 aromatic rings. The minimum atomic E-state index is -0.320. The zero-order chi connectivity index (χ0) is 13.9. The Hall–Kier alpha value is -2.19. The highest BCUT2D eigenvalue weighted by Gasteiger charge is 2.10. The SMILES string of the molecule is O=C(Cc1cn2ccsc2n1)NNC(=O)c1cccs1. The maximum Gasteiger partial charge on any atom is 0.279 e. The molecule has 8 heteroatoms. The number of hydrogen-bond donors (Lipinski definition) is 2. The minimum Gasteiger partial charge on any atom is -0.297 e. The van der Waals surface area contributed by atoms with E-state index in [2.05, 4.69) is 15.8 Å². The Labute approximate surface area is 122 Å². The van der Waals surface area contributed by atoms with Crippen molar-refractivity contribution in [3.63, 3.8) is 0 Å². The average Bonchev–Trinajstić information content (AvgIpc) is 3.11. The largest absolute Gasteiger partial charge is 0.297 e. The zero-order valence-corrected chi connectivity index (χ0v) is 11.8. The molecular formula is C12H10N4O2S2. The number of hydrogen-bond acceptors (Lipinski definition) is 5. The van der Waals surface area contributed by atoms with Crippen LogP contribution in [0.2, 0.25) is 0 Å². The van der Waals surface area contributed by atoms with Crippen molar-refractivity contribution < 1.29 is 9.59 Å². The van der Waals surface area contributed by atoms with Crippen LogP contribution in [0.3, 0.4) is 0 Å². The number of imidazole rings is 1. The van der Waals surface area contributed by atoms with Crippen LogP contribution < -0.4 is 10.9 Å². The first-order valence-corrected chi connectivity index (χ1v) is 7.52. The van der Waals surface area contributed by atoms with Crippen molar-refractivity contribution in [2.45, 2.75) is 6.42 Å². The van der Waals surface area contributed by atoms with Gasteiger partial charge in [0.05, 0.1) is 17.0 Å². The molecule has 0 fully saturated rings. The molecule has 0 unspecified atom stereocenters. The molecule has 0 aromatic carbocycles. The molecule has 0 aliphatic rings.